The van der Waals surface area contributed by atoms with Gasteiger partial charge in [0.05, 0.1) is 0 Å². The molecular weight excluding hydrogens is 402 g/mol. The maximum Gasteiger partial charge on any atom is 0.218 e. The van der Waals surface area contributed by atoms with Gasteiger partial charge in [0.25, 0.3) is 0 Å². The monoisotopic (exact) mass is 431 g/mol. The Bertz CT molecular complexity index is 1020. The molecule has 0 radical (unpaired) electrons. The number of rotatable bonds is 10. The molecule has 0 aliphatic carbocycles. The zero-order valence-electron chi connectivity index (χ0n) is 18.8. The molecule has 0 aliphatic heterocycles. The van der Waals surface area contributed by atoms with E-state index in [1.54, 1.807) is 20.3 Å². The van der Waals surface area contributed by atoms with E-state index in [1.807, 2.05) is 48.5 Å². The Hall–Kier alpha value is -3.33. The second-order valence-corrected chi connectivity index (χ2v) is 7.21. The highest BCUT2D eigenvalue weighted by Gasteiger charge is 2.09. The molecule has 5 nitrogen and oxygen atoms in total. The predicted octanol–water partition coefficient (Wildman–Crippen LogP) is 5.01. The number of hydrogen-bond donors (Lipinski definition) is 0. The summed E-state index contributed by atoms with van der Waals surface area (Å²) in [5.74, 6) is 7.33. The summed E-state index contributed by atoms with van der Waals surface area (Å²) >= 11 is 0. The van der Waals surface area contributed by atoms with E-state index in [1.165, 1.54) is 5.56 Å². The summed E-state index contributed by atoms with van der Waals surface area (Å²) in [5, 5.41) is 0. The van der Waals surface area contributed by atoms with Crippen LogP contribution in [-0.2, 0) is 22.5 Å². The van der Waals surface area contributed by atoms with Crippen LogP contribution in [0, 0.1) is 11.8 Å². The smallest absolute Gasteiger partial charge is 0.218 e. The minimum Gasteiger partial charge on any atom is -0.489 e. The van der Waals surface area contributed by atoms with Crippen molar-refractivity contribution in [3.8, 4) is 23.5 Å². The molecule has 3 rings (SSSR count). The molecular formula is C27H29NO4. The average molecular weight is 432 g/mol. The average Bonchev–Trinajstić information content (AvgIpc) is 2.84. The summed E-state index contributed by atoms with van der Waals surface area (Å²) in [6.45, 7) is 2.82. The fourth-order valence-corrected chi connectivity index (χ4v) is 3.01. The lowest BCUT2D eigenvalue weighted by Gasteiger charge is -2.14. The van der Waals surface area contributed by atoms with Gasteiger partial charge in [-0.05, 0) is 35.6 Å². The minimum atomic E-state index is -0.484. The van der Waals surface area contributed by atoms with Gasteiger partial charge in [-0.15, -0.1) is 0 Å². The van der Waals surface area contributed by atoms with Crippen LogP contribution >= 0.6 is 0 Å². The summed E-state index contributed by atoms with van der Waals surface area (Å²) in [5.41, 5.74) is 3.89. The standard InChI is InChI=1S/C27H29NO4/c1-4-8-21-11-13-22(14-12-21)15-16-24-17-25(31-19-23-9-6-5-7-10-23)18-26(28-24)32-20-27(29-2)30-3/h5-7,9-14,17-18,27H,4,8,19-20H2,1-3H3. The van der Waals surface area contributed by atoms with Gasteiger partial charge in [0.15, 0.2) is 6.29 Å². The lowest BCUT2D eigenvalue weighted by molar-refractivity contribution is -0.122. The quantitative estimate of drug-likeness (QED) is 0.334. The third-order valence-electron chi connectivity index (χ3n) is 4.74. The number of nitrogens with zero attached hydrogens (tertiary/aromatic N) is 1. The normalized spacial score (nSPS) is 10.5. The highest BCUT2D eigenvalue weighted by molar-refractivity contribution is 5.44. The van der Waals surface area contributed by atoms with Gasteiger partial charge in [0.1, 0.15) is 24.7 Å². The first-order valence-electron chi connectivity index (χ1n) is 10.7. The maximum absolute atomic E-state index is 5.98. The molecule has 0 saturated carbocycles. The van der Waals surface area contributed by atoms with Crippen molar-refractivity contribution in [1.29, 1.82) is 0 Å². The van der Waals surface area contributed by atoms with Crippen LogP contribution in [0.5, 0.6) is 11.6 Å². The van der Waals surface area contributed by atoms with Crippen LogP contribution in [0.1, 0.15) is 35.7 Å². The van der Waals surface area contributed by atoms with Crippen molar-refractivity contribution >= 4 is 0 Å². The molecule has 5 heteroatoms. The fourth-order valence-electron chi connectivity index (χ4n) is 3.01. The van der Waals surface area contributed by atoms with Gasteiger partial charge in [-0.25, -0.2) is 4.98 Å². The van der Waals surface area contributed by atoms with E-state index in [2.05, 4.69) is 35.9 Å². The molecule has 166 valence electrons. The van der Waals surface area contributed by atoms with Crippen molar-refractivity contribution in [2.45, 2.75) is 32.7 Å². The zero-order valence-corrected chi connectivity index (χ0v) is 18.8. The van der Waals surface area contributed by atoms with Crippen LogP contribution in [0.2, 0.25) is 0 Å². The minimum absolute atomic E-state index is 0.202. The van der Waals surface area contributed by atoms with Crippen molar-refractivity contribution < 1.29 is 18.9 Å². The summed E-state index contributed by atoms with van der Waals surface area (Å²) < 4.78 is 22.1. The van der Waals surface area contributed by atoms with Gasteiger partial charge in [-0.2, -0.15) is 0 Å². The second kappa shape index (κ2) is 12.5. The van der Waals surface area contributed by atoms with Crippen LogP contribution in [-0.4, -0.2) is 32.1 Å². The molecule has 32 heavy (non-hydrogen) atoms. The number of aromatic nitrogens is 1. The van der Waals surface area contributed by atoms with Gasteiger partial charge in [0, 0.05) is 31.9 Å². The molecule has 0 fully saturated rings. The van der Waals surface area contributed by atoms with Crippen LogP contribution in [0.4, 0.5) is 0 Å². The molecule has 0 atom stereocenters. The maximum atomic E-state index is 5.98. The van der Waals surface area contributed by atoms with E-state index in [-0.39, 0.29) is 6.61 Å². The van der Waals surface area contributed by atoms with Gasteiger partial charge >= 0.3 is 0 Å². The first-order chi connectivity index (χ1) is 15.7. The van der Waals surface area contributed by atoms with Gasteiger partial charge in [-0.1, -0.05) is 61.7 Å². The van der Waals surface area contributed by atoms with Gasteiger partial charge in [-0.3, -0.25) is 0 Å². The van der Waals surface area contributed by atoms with Crippen molar-refractivity contribution in [2.75, 3.05) is 20.8 Å². The van der Waals surface area contributed by atoms with Crippen molar-refractivity contribution in [1.82, 2.24) is 4.98 Å². The predicted molar refractivity (Wildman–Crippen MR) is 125 cm³/mol. The molecule has 1 aromatic heterocycles. The van der Waals surface area contributed by atoms with Gasteiger partial charge < -0.3 is 18.9 Å². The third-order valence-corrected chi connectivity index (χ3v) is 4.74. The Balaban J connectivity index is 1.79. The van der Waals surface area contributed by atoms with Crippen LogP contribution in [0.15, 0.2) is 66.7 Å². The fraction of sp³-hybridized carbons (Fsp3) is 0.296. The Morgan fingerprint density at radius 2 is 1.59 bits per heavy atom. The topological polar surface area (TPSA) is 49.8 Å². The molecule has 0 bridgehead atoms. The number of aryl methyl sites for hydroxylation is 1. The number of benzene rings is 2. The van der Waals surface area contributed by atoms with E-state index in [4.69, 9.17) is 18.9 Å². The highest BCUT2D eigenvalue weighted by Crippen LogP contribution is 2.21. The molecule has 3 aromatic rings. The Morgan fingerprint density at radius 3 is 2.28 bits per heavy atom. The van der Waals surface area contributed by atoms with E-state index >= 15 is 0 Å². The zero-order chi connectivity index (χ0) is 22.6. The van der Waals surface area contributed by atoms with E-state index < -0.39 is 6.29 Å². The highest BCUT2D eigenvalue weighted by atomic mass is 16.7. The molecule has 0 N–H and O–H groups in total. The Labute approximate surface area is 190 Å². The SMILES string of the molecule is CCCc1ccc(C#Cc2cc(OCc3ccccc3)cc(OCC(OC)OC)n2)cc1. The second-order valence-electron chi connectivity index (χ2n) is 7.21. The third kappa shape index (κ3) is 7.42. The van der Waals surface area contributed by atoms with E-state index in [0.717, 1.165) is 24.0 Å². The molecule has 0 unspecified atom stereocenters. The lowest BCUT2D eigenvalue weighted by atomic mass is 10.1. The van der Waals surface area contributed by atoms with Crippen molar-refractivity contribution in [3.63, 3.8) is 0 Å². The van der Waals surface area contributed by atoms with Crippen LogP contribution < -0.4 is 9.47 Å². The first kappa shape index (κ1) is 23.3. The van der Waals surface area contributed by atoms with E-state index in [9.17, 15) is 0 Å². The molecule has 0 aliphatic rings. The molecule has 2 aromatic carbocycles. The van der Waals surface area contributed by atoms with E-state index in [0.29, 0.717) is 23.9 Å². The number of hydrogen-bond acceptors (Lipinski definition) is 5. The number of methoxy groups -OCH3 is 2. The Morgan fingerprint density at radius 1 is 0.844 bits per heavy atom. The molecule has 0 amide bonds. The summed E-state index contributed by atoms with van der Waals surface area (Å²) in [6, 6.07) is 21.8. The Kier molecular flexibility index (Phi) is 9.12. The van der Waals surface area contributed by atoms with Gasteiger partial charge in [0.2, 0.25) is 5.88 Å². The lowest BCUT2D eigenvalue weighted by Crippen LogP contribution is -2.22. The van der Waals surface area contributed by atoms with Crippen molar-refractivity contribution in [2.24, 2.45) is 0 Å². The summed E-state index contributed by atoms with van der Waals surface area (Å²) in [6.07, 6.45) is 1.71. The number of pyridine rings is 1. The van der Waals surface area contributed by atoms with Crippen LogP contribution in [0.25, 0.3) is 0 Å². The number of ether oxygens (including phenoxy) is 4. The largest absolute Gasteiger partial charge is 0.489 e. The first-order valence-corrected chi connectivity index (χ1v) is 10.7. The van der Waals surface area contributed by atoms with Crippen molar-refractivity contribution in [3.05, 3.63) is 89.1 Å². The molecule has 0 saturated heterocycles. The summed E-state index contributed by atoms with van der Waals surface area (Å²) in [4.78, 5) is 4.50. The van der Waals surface area contributed by atoms with Crippen LogP contribution in [0.3, 0.4) is 0 Å². The molecule has 1 heterocycles. The summed E-state index contributed by atoms with van der Waals surface area (Å²) in [7, 11) is 3.13. The molecule has 0 spiro atoms.